The fourth-order valence-electron chi connectivity index (χ4n) is 4.66. The Balaban J connectivity index is 1.53. The molecule has 0 aliphatic rings. The Labute approximate surface area is 249 Å². The van der Waals surface area contributed by atoms with Gasteiger partial charge in [0, 0.05) is 24.7 Å². The molecule has 1 atom stereocenters. The van der Waals surface area contributed by atoms with Gasteiger partial charge in [0.25, 0.3) is 15.9 Å². The second kappa shape index (κ2) is 13.9. The molecular weight excluding hydrogens is 572 g/mol. The van der Waals surface area contributed by atoms with Gasteiger partial charge in [-0.05, 0) is 36.1 Å². The number of aryl methyl sites for hydroxylation is 1. The number of hydrogen-bond donors (Lipinski definition) is 3. The number of aliphatic carboxylic acids is 1. The largest absolute Gasteiger partial charge is 0.481 e. The summed E-state index contributed by atoms with van der Waals surface area (Å²) in [6.07, 6.45) is 4.72. The van der Waals surface area contributed by atoms with Gasteiger partial charge >= 0.3 is 5.97 Å². The highest BCUT2D eigenvalue weighted by molar-refractivity contribution is 7.90. The van der Waals surface area contributed by atoms with Crippen molar-refractivity contribution in [3.8, 4) is 11.3 Å². The van der Waals surface area contributed by atoms with E-state index in [9.17, 15) is 27.9 Å². The number of carbonyl (C=O) groups is 3. The van der Waals surface area contributed by atoms with E-state index < -0.39 is 33.8 Å². The molecule has 0 saturated heterocycles. The lowest BCUT2D eigenvalue weighted by atomic mass is 10.0. The molecule has 2 aromatic carbocycles. The maximum atomic E-state index is 13.1. The summed E-state index contributed by atoms with van der Waals surface area (Å²) in [6.45, 7) is 3.12. The number of nitrogens with one attached hydrogen (secondary N) is 2. The third kappa shape index (κ3) is 8.35. The van der Waals surface area contributed by atoms with Gasteiger partial charge in [-0.25, -0.2) is 13.1 Å². The van der Waals surface area contributed by atoms with Crippen LogP contribution in [0.25, 0.3) is 11.3 Å². The van der Waals surface area contributed by atoms with Crippen LogP contribution in [0.5, 0.6) is 0 Å². The number of aromatic nitrogens is 2. The van der Waals surface area contributed by atoms with Crippen molar-refractivity contribution in [2.75, 3.05) is 0 Å². The average molecular weight is 605 g/mol. The van der Waals surface area contributed by atoms with E-state index in [2.05, 4.69) is 15.3 Å². The molecule has 3 N–H and O–H groups in total. The summed E-state index contributed by atoms with van der Waals surface area (Å²) in [7, 11) is -4.10. The lowest BCUT2D eigenvalue weighted by Crippen LogP contribution is -2.38. The van der Waals surface area contributed by atoms with Gasteiger partial charge in [-0.1, -0.05) is 61.9 Å². The number of rotatable bonds is 13. The zero-order valence-electron chi connectivity index (χ0n) is 23.7. The van der Waals surface area contributed by atoms with Gasteiger partial charge in [-0.3, -0.25) is 24.4 Å². The first-order valence-electron chi connectivity index (χ1n) is 13.7. The minimum Gasteiger partial charge on any atom is -0.481 e. The van der Waals surface area contributed by atoms with Crippen molar-refractivity contribution in [1.29, 1.82) is 0 Å². The van der Waals surface area contributed by atoms with Gasteiger partial charge in [-0.15, -0.1) is 0 Å². The van der Waals surface area contributed by atoms with Crippen molar-refractivity contribution in [2.24, 2.45) is 0 Å². The molecule has 0 bridgehead atoms. The summed E-state index contributed by atoms with van der Waals surface area (Å²) in [4.78, 5) is 44.7. The van der Waals surface area contributed by atoms with Crippen LogP contribution < -0.4 is 10.0 Å². The van der Waals surface area contributed by atoms with Gasteiger partial charge in [0.1, 0.15) is 5.76 Å². The fourth-order valence-corrected chi connectivity index (χ4v) is 5.86. The average Bonchev–Trinajstić information content (AvgIpc) is 3.35. The number of benzene rings is 2. The minimum atomic E-state index is -4.10. The topological polar surface area (TPSA) is 169 Å². The standard InChI is InChI=1S/C31H32N4O7S/c1-3-9-22-15-28(31(39)34-23(17-30(37)38)14-21-10-5-4-6-11-21)42-27(22)16-24-18-33-26(19-32-24)25-12-7-8-13-29(25)43(40,41)35-20(2)36/h4-8,10-13,15,18-19,23H,3,9,14,16-17H2,1-2H3,(H,34,39)(H,35,36)(H,37,38). The predicted molar refractivity (Wildman–Crippen MR) is 158 cm³/mol. The van der Waals surface area contributed by atoms with Crippen molar-refractivity contribution < 1.29 is 32.3 Å². The summed E-state index contributed by atoms with van der Waals surface area (Å²) in [5.74, 6) is -1.64. The summed E-state index contributed by atoms with van der Waals surface area (Å²) >= 11 is 0. The normalized spacial score (nSPS) is 12.0. The van der Waals surface area contributed by atoms with Gasteiger partial charge in [0.05, 0.1) is 35.3 Å². The predicted octanol–water partition coefficient (Wildman–Crippen LogP) is 3.92. The highest BCUT2D eigenvalue weighted by Crippen LogP contribution is 2.26. The van der Waals surface area contributed by atoms with Crippen molar-refractivity contribution in [3.05, 3.63) is 101 Å². The molecule has 2 heterocycles. The van der Waals surface area contributed by atoms with Crippen LogP contribution in [0, 0.1) is 0 Å². The second-order valence-electron chi connectivity index (χ2n) is 9.99. The van der Waals surface area contributed by atoms with E-state index in [1.165, 1.54) is 18.5 Å². The van der Waals surface area contributed by atoms with Gasteiger partial charge in [0.15, 0.2) is 5.76 Å². The lowest BCUT2D eigenvalue weighted by Gasteiger charge is -2.16. The molecular formula is C31H32N4O7S. The highest BCUT2D eigenvalue weighted by atomic mass is 32.2. The van der Waals surface area contributed by atoms with Crippen LogP contribution in [0.15, 0.2) is 82.4 Å². The second-order valence-corrected chi connectivity index (χ2v) is 11.6. The molecule has 43 heavy (non-hydrogen) atoms. The molecule has 11 nitrogen and oxygen atoms in total. The number of carbonyl (C=O) groups excluding carboxylic acids is 2. The summed E-state index contributed by atoms with van der Waals surface area (Å²) in [5.41, 5.74) is 2.83. The first-order valence-corrected chi connectivity index (χ1v) is 15.2. The minimum absolute atomic E-state index is 0.0728. The molecule has 4 rings (SSSR count). The summed E-state index contributed by atoms with van der Waals surface area (Å²) in [5, 5.41) is 12.2. The number of furan rings is 1. The number of hydrogen-bond acceptors (Lipinski definition) is 8. The van der Waals surface area contributed by atoms with E-state index in [0.29, 0.717) is 30.0 Å². The summed E-state index contributed by atoms with van der Waals surface area (Å²) < 4.78 is 33.2. The molecule has 0 aliphatic heterocycles. The van der Waals surface area contributed by atoms with Crippen molar-refractivity contribution in [3.63, 3.8) is 0 Å². The zero-order valence-corrected chi connectivity index (χ0v) is 24.6. The van der Waals surface area contributed by atoms with Crippen LogP contribution >= 0.6 is 0 Å². The molecule has 1 unspecified atom stereocenters. The number of nitrogens with zero attached hydrogens (tertiary/aromatic N) is 2. The monoisotopic (exact) mass is 604 g/mol. The first kappa shape index (κ1) is 31.1. The van der Waals surface area contributed by atoms with Crippen molar-refractivity contribution in [1.82, 2.24) is 20.0 Å². The smallest absolute Gasteiger partial charge is 0.305 e. The van der Waals surface area contributed by atoms with Crippen LogP contribution in [0.3, 0.4) is 0 Å². The maximum absolute atomic E-state index is 13.1. The van der Waals surface area contributed by atoms with Gasteiger partial charge in [0.2, 0.25) is 5.91 Å². The third-order valence-corrected chi connectivity index (χ3v) is 7.99. The Morgan fingerprint density at radius 3 is 2.37 bits per heavy atom. The molecule has 12 heteroatoms. The molecule has 2 aromatic heterocycles. The molecule has 0 radical (unpaired) electrons. The molecule has 2 amide bonds. The molecule has 0 spiro atoms. The Hall–Kier alpha value is -4.84. The van der Waals surface area contributed by atoms with E-state index in [1.807, 2.05) is 42.0 Å². The van der Waals surface area contributed by atoms with Crippen molar-refractivity contribution in [2.45, 2.75) is 56.9 Å². The van der Waals surface area contributed by atoms with Gasteiger partial charge < -0.3 is 14.8 Å². The van der Waals surface area contributed by atoms with E-state index in [0.717, 1.165) is 24.5 Å². The number of amides is 2. The van der Waals surface area contributed by atoms with Crippen LogP contribution in [0.2, 0.25) is 0 Å². The lowest BCUT2D eigenvalue weighted by molar-refractivity contribution is -0.137. The Morgan fingerprint density at radius 2 is 1.72 bits per heavy atom. The number of carboxylic acids is 1. The fraction of sp³-hybridized carbons (Fsp3) is 0.258. The Bertz CT molecular complexity index is 1700. The molecule has 0 aliphatic carbocycles. The summed E-state index contributed by atoms with van der Waals surface area (Å²) in [6, 6.07) is 16.5. The molecule has 224 valence electrons. The third-order valence-electron chi connectivity index (χ3n) is 6.50. The maximum Gasteiger partial charge on any atom is 0.305 e. The number of sulfonamides is 1. The molecule has 0 saturated carbocycles. The van der Waals surface area contributed by atoms with E-state index in [-0.39, 0.29) is 29.1 Å². The van der Waals surface area contributed by atoms with Crippen LogP contribution in [0.1, 0.15) is 59.8 Å². The van der Waals surface area contributed by atoms with E-state index in [1.54, 1.807) is 24.3 Å². The van der Waals surface area contributed by atoms with Crippen LogP contribution in [0.4, 0.5) is 0 Å². The highest BCUT2D eigenvalue weighted by Gasteiger charge is 2.23. The zero-order chi connectivity index (χ0) is 31.0. The van der Waals surface area contributed by atoms with E-state index >= 15 is 0 Å². The molecule has 0 fully saturated rings. The SMILES string of the molecule is CCCc1cc(C(=O)NC(CC(=O)O)Cc2ccccc2)oc1Cc1cnc(-c2ccccc2S(=O)(=O)NC(C)=O)cn1. The Morgan fingerprint density at radius 1 is 1.00 bits per heavy atom. The molecule has 4 aromatic rings. The van der Waals surface area contributed by atoms with Crippen molar-refractivity contribution >= 4 is 27.8 Å². The quantitative estimate of drug-likeness (QED) is 0.205. The van der Waals surface area contributed by atoms with Crippen LogP contribution in [-0.4, -0.2) is 47.3 Å². The van der Waals surface area contributed by atoms with E-state index in [4.69, 9.17) is 4.42 Å². The van der Waals surface area contributed by atoms with Gasteiger partial charge in [-0.2, -0.15) is 0 Å². The Kier molecular flexibility index (Phi) is 10.0. The number of carboxylic acid groups (broad SMARTS) is 1. The van der Waals surface area contributed by atoms with Crippen LogP contribution in [-0.2, 0) is 38.9 Å². The first-order chi connectivity index (χ1) is 20.6.